The Hall–Kier alpha value is -2.37. The van der Waals surface area contributed by atoms with Crippen LogP contribution in [0.4, 0.5) is 0 Å². The van der Waals surface area contributed by atoms with Gasteiger partial charge in [-0.3, -0.25) is 9.69 Å². The molecule has 144 valence electrons. The molecule has 2 aromatic carbocycles. The Balaban J connectivity index is 1.42. The number of aryl methyl sites for hydroxylation is 1. The molecule has 5 nitrogen and oxygen atoms in total. The maximum atomic E-state index is 12.1. The molecule has 3 rings (SSSR count). The fourth-order valence-electron chi connectivity index (χ4n) is 3.06. The second-order valence-corrected chi connectivity index (χ2v) is 6.97. The highest BCUT2D eigenvalue weighted by atomic mass is 16.5. The summed E-state index contributed by atoms with van der Waals surface area (Å²) in [7, 11) is 0. The number of carbonyl (C=O) groups excluding carboxylic acids is 1. The normalized spacial score (nSPS) is 14.7. The summed E-state index contributed by atoms with van der Waals surface area (Å²) < 4.78 is 11.0. The van der Waals surface area contributed by atoms with E-state index in [4.69, 9.17) is 9.47 Å². The maximum Gasteiger partial charge on any atom is 0.258 e. The van der Waals surface area contributed by atoms with Crippen LogP contribution in [0.25, 0.3) is 0 Å². The van der Waals surface area contributed by atoms with Crippen molar-refractivity contribution in [2.24, 2.45) is 0 Å². The Labute approximate surface area is 161 Å². The number of morpholine rings is 1. The van der Waals surface area contributed by atoms with Gasteiger partial charge in [-0.1, -0.05) is 36.4 Å². The number of hydrogen-bond acceptors (Lipinski definition) is 4. The second-order valence-electron chi connectivity index (χ2n) is 6.97. The van der Waals surface area contributed by atoms with Crippen LogP contribution in [0.3, 0.4) is 0 Å². The quantitative estimate of drug-likeness (QED) is 0.817. The summed E-state index contributed by atoms with van der Waals surface area (Å²) in [5.41, 5.74) is 4.59. The summed E-state index contributed by atoms with van der Waals surface area (Å²) in [4.78, 5) is 14.5. The highest BCUT2D eigenvalue weighted by molar-refractivity contribution is 5.77. The molecule has 1 aliphatic rings. The van der Waals surface area contributed by atoms with Crippen LogP contribution in [0.1, 0.15) is 22.3 Å². The summed E-state index contributed by atoms with van der Waals surface area (Å²) in [6, 6.07) is 14.3. The van der Waals surface area contributed by atoms with Crippen molar-refractivity contribution in [2.75, 3.05) is 32.9 Å². The van der Waals surface area contributed by atoms with Crippen molar-refractivity contribution >= 4 is 5.91 Å². The predicted molar refractivity (Wildman–Crippen MR) is 106 cm³/mol. The number of ether oxygens (including phenoxy) is 2. The maximum absolute atomic E-state index is 12.1. The van der Waals surface area contributed by atoms with Crippen LogP contribution in [-0.2, 0) is 22.6 Å². The first-order valence-electron chi connectivity index (χ1n) is 9.45. The molecule has 0 atom stereocenters. The van der Waals surface area contributed by atoms with Crippen molar-refractivity contribution < 1.29 is 14.3 Å². The van der Waals surface area contributed by atoms with E-state index in [9.17, 15) is 4.79 Å². The number of hydrogen-bond donors (Lipinski definition) is 1. The first-order valence-corrected chi connectivity index (χ1v) is 9.45. The molecule has 0 bridgehead atoms. The van der Waals surface area contributed by atoms with Crippen LogP contribution in [0.15, 0.2) is 42.5 Å². The minimum Gasteiger partial charge on any atom is -0.483 e. The Morgan fingerprint density at radius 1 is 1.07 bits per heavy atom. The van der Waals surface area contributed by atoms with E-state index in [1.165, 1.54) is 5.56 Å². The van der Waals surface area contributed by atoms with Crippen molar-refractivity contribution in [3.8, 4) is 5.75 Å². The lowest BCUT2D eigenvalue weighted by Gasteiger charge is -2.26. The van der Waals surface area contributed by atoms with E-state index in [1.54, 1.807) is 0 Å². The molecule has 1 heterocycles. The smallest absolute Gasteiger partial charge is 0.258 e. The summed E-state index contributed by atoms with van der Waals surface area (Å²) in [6.07, 6.45) is 0. The number of nitrogens with one attached hydrogen (secondary N) is 1. The highest BCUT2D eigenvalue weighted by Gasteiger charge is 2.10. The summed E-state index contributed by atoms with van der Waals surface area (Å²) in [6.45, 7) is 9.11. The average molecular weight is 368 g/mol. The van der Waals surface area contributed by atoms with Gasteiger partial charge in [0.05, 0.1) is 13.2 Å². The third-order valence-electron chi connectivity index (χ3n) is 4.94. The Bertz CT molecular complexity index is 753. The van der Waals surface area contributed by atoms with Gasteiger partial charge in [-0.15, -0.1) is 0 Å². The summed E-state index contributed by atoms with van der Waals surface area (Å²) >= 11 is 0. The largest absolute Gasteiger partial charge is 0.483 e. The van der Waals surface area contributed by atoms with Crippen LogP contribution >= 0.6 is 0 Å². The molecule has 0 aliphatic carbocycles. The first kappa shape index (κ1) is 19.4. The molecule has 1 aliphatic heterocycles. The monoisotopic (exact) mass is 368 g/mol. The minimum atomic E-state index is -0.117. The molecule has 1 amide bonds. The van der Waals surface area contributed by atoms with E-state index in [-0.39, 0.29) is 12.5 Å². The predicted octanol–water partition coefficient (Wildman–Crippen LogP) is 2.83. The summed E-state index contributed by atoms with van der Waals surface area (Å²) in [5.74, 6) is 0.644. The molecule has 5 heteroatoms. The Kier molecular flexibility index (Phi) is 6.85. The third kappa shape index (κ3) is 5.81. The van der Waals surface area contributed by atoms with Gasteiger partial charge in [0.15, 0.2) is 6.61 Å². The van der Waals surface area contributed by atoms with Crippen molar-refractivity contribution in [1.82, 2.24) is 10.2 Å². The molecule has 0 spiro atoms. The molecule has 2 aromatic rings. The molecule has 1 N–H and O–H groups in total. The van der Waals surface area contributed by atoms with Gasteiger partial charge in [0.1, 0.15) is 5.75 Å². The van der Waals surface area contributed by atoms with E-state index in [0.29, 0.717) is 6.54 Å². The highest BCUT2D eigenvalue weighted by Crippen LogP contribution is 2.20. The Morgan fingerprint density at radius 3 is 2.52 bits per heavy atom. The molecule has 0 aromatic heterocycles. The zero-order valence-corrected chi connectivity index (χ0v) is 16.2. The fourth-order valence-corrected chi connectivity index (χ4v) is 3.06. The van der Waals surface area contributed by atoms with Gasteiger partial charge < -0.3 is 14.8 Å². The molecule has 1 fully saturated rings. The van der Waals surface area contributed by atoms with Crippen molar-refractivity contribution in [3.05, 3.63) is 64.7 Å². The standard InChI is InChI=1S/C22H28N2O3/c1-17-4-3-5-21(18(17)2)27-16-22(25)23-14-19-6-8-20(9-7-19)15-24-10-12-26-13-11-24/h3-9H,10-16H2,1-2H3,(H,23,25). The molecule has 0 saturated carbocycles. The zero-order valence-electron chi connectivity index (χ0n) is 16.2. The number of amides is 1. The lowest BCUT2D eigenvalue weighted by molar-refractivity contribution is -0.123. The van der Waals surface area contributed by atoms with Crippen LogP contribution in [-0.4, -0.2) is 43.7 Å². The van der Waals surface area contributed by atoms with Crippen molar-refractivity contribution in [2.45, 2.75) is 26.9 Å². The zero-order chi connectivity index (χ0) is 19.1. The third-order valence-corrected chi connectivity index (χ3v) is 4.94. The Morgan fingerprint density at radius 2 is 1.78 bits per heavy atom. The molecule has 0 unspecified atom stereocenters. The van der Waals surface area contributed by atoms with E-state index in [1.807, 2.05) is 32.0 Å². The SMILES string of the molecule is Cc1cccc(OCC(=O)NCc2ccc(CN3CCOCC3)cc2)c1C. The van der Waals surface area contributed by atoms with Crippen molar-refractivity contribution in [1.29, 1.82) is 0 Å². The van der Waals surface area contributed by atoms with Crippen LogP contribution in [0, 0.1) is 13.8 Å². The van der Waals surface area contributed by atoms with Crippen molar-refractivity contribution in [3.63, 3.8) is 0 Å². The topological polar surface area (TPSA) is 50.8 Å². The van der Waals surface area contributed by atoms with Gasteiger partial charge in [-0.05, 0) is 42.2 Å². The van der Waals surface area contributed by atoms with E-state index < -0.39 is 0 Å². The summed E-state index contributed by atoms with van der Waals surface area (Å²) in [5, 5.41) is 2.91. The van der Waals surface area contributed by atoms with Gasteiger partial charge in [0.2, 0.25) is 0 Å². The van der Waals surface area contributed by atoms with Gasteiger partial charge >= 0.3 is 0 Å². The van der Waals surface area contributed by atoms with E-state index in [2.05, 4.69) is 34.5 Å². The van der Waals surface area contributed by atoms with Crippen LogP contribution in [0.5, 0.6) is 5.75 Å². The minimum absolute atomic E-state index is 0.0272. The number of rotatable bonds is 7. The molecular weight excluding hydrogens is 340 g/mol. The van der Waals surface area contributed by atoms with Gasteiger partial charge in [-0.2, -0.15) is 0 Å². The van der Waals surface area contributed by atoms with Gasteiger partial charge in [0, 0.05) is 26.2 Å². The fraction of sp³-hybridized carbons (Fsp3) is 0.409. The van der Waals surface area contributed by atoms with Crippen LogP contribution < -0.4 is 10.1 Å². The van der Waals surface area contributed by atoms with E-state index >= 15 is 0 Å². The molecule has 27 heavy (non-hydrogen) atoms. The number of nitrogens with zero attached hydrogens (tertiary/aromatic N) is 1. The van der Waals surface area contributed by atoms with Gasteiger partial charge in [0.25, 0.3) is 5.91 Å². The van der Waals surface area contributed by atoms with Crippen LogP contribution in [0.2, 0.25) is 0 Å². The second kappa shape index (κ2) is 9.53. The molecular formula is C22H28N2O3. The number of benzene rings is 2. The van der Waals surface area contributed by atoms with E-state index in [0.717, 1.165) is 55.3 Å². The lowest BCUT2D eigenvalue weighted by Crippen LogP contribution is -2.35. The van der Waals surface area contributed by atoms with Gasteiger partial charge in [-0.25, -0.2) is 0 Å². The average Bonchev–Trinajstić information content (AvgIpc) is 2.69. The molecule has 0 radical (unpaired) electrons. The number of carbonyl (C=O) groups is 1. The molecule has 1 saturated heterocycles. The first-order chi connectivity index (χ1) is 13.1. The lowest BCUT2D eigenvalue weighted by atomic mass is 10.1.